The normalized spacial score (nSPS) is 24.1. The van der Waals surface area contributed by atoms with E-state index in [1.165, 1.54) is 25.7 Å². The van der Waals surface area contributed by atoms with Crippen molar-refractivity contribution in [1.29, 1.82) is 0 Å². The first-order chi connectivity index (χ1) is 12.7. The minimum Gasteiger partial charge on any atom is -0.417 e. The molecule has 150 valence electrons. The minimum atomic E-state index is -1.59. The largest absolute Gasteiger partial charge is 0.417 e. The number of carbonyl (C=O) groups is 1. The molecule has 0 spiro atoms. The lowest BCUT2D eigenvalue weighted by molar-refractivity contribution is 0.112. The number of nitrogens with zero attached hydrogens (tertiary/aromatic N) is 2. The van der Waals surface area contributed by atoms with Crippen LogP contribution in [-0.4, -0.2) is 39.3 Å². The average molecular weight is 389 g/mol. The maximum atomic E-state index is 10.8. The summed E-state index contributed by atoms with van der Waals surface area (Å²) in [6.45, 7) is 14.8. The van der Waals surface area contributed by atoms with E-state index in [-0.39, 0.29) is 0 Å². The molecule has 1 saturated carbocycles. The van der Waals surface area contributed by atoms with Crippen LogP contribution in [0.15, 0.2) is 18.3 Å². The first-order valence-corrected chi connectivity index (χ1v) is 13.4. The predicted octanol–water partition coefficient (Wildman–Crippen LogP) is 5.16. The lowest BCUT2D eigenvalue weighted by Crippen LogP contribution is -2.41. The van der Waals surface area contributed by atoms with Gasteiger partial charge in [0.25, 0.3) is 0 Å². The van der Waals surface area contributed by atoms with Gasteiger partial charge in [0.05, 0.1) is 0 Å². The highest BCUT2D eigenvalue weighted by Crippen LogP contribution is 2.50. The average Bonchev–Trinajstić information content (AvgIpc) is 3.40. The van der Waals surface area contributed by atoms with Crippen LogP contribution in [0.1, 0.15) is 56.8 Å². The Morgan fingerprint density at radius 3 is 2.52 bits per heavy atom. The van der Waals surface area contributed by atoms with Gasteiger partial charge in [-0.05, 0) is 73.7 Å². The van der Waals surface area contributed by atoms with Gasteiger partial charge in [-0.15, -0.1) is 0 Å². The molecule has 5 heteroatoms. The van der Waals surface area contributed by atoms with Gasteiger partial charge in [0.15, 0.2) is 14.6 Å². The molecule has 2 fully saturated rings. The SMILES string of the molecule is CC(C)(C)[Si](C)(C)OCC[C@@H]1C[C@@H]1C1CCN(c2ccc(C=O)cn2)CC1. The number of hydrogen-bond donors (Lipinski definition) is 0. The lowest BCUT2D eigenvalue weighted by Gasteiger charge is -2.36. The number of rotatable bonds is 7. The summed E-state index contributed by atoms with van der Waals surface area (Å²) in [5.41, 5.74) is 0.648. The fourth-order valence-electron chi connectivity index (χ4n) is 4.07. The van der Waals surface area contributed by atoms with E-state index >= 15 is 0 Å². The Hall–Kier alpha value is -1.20. The summed E-state index contributed by atoms with van der Waals surface area (Å²) < 4.78 is 6.37. The van der Waals surface area contributed by atoms with Gasteiger partial charge in [-0.25, -0.2) is 4.98 Å². The monoisotopic (exact) mass is 388 g/mol. The first kappa shape index (κ1) is 20.5. The highest BCUT2D eigenvalue weighted by molar-refractivity contribution is 6.74. The second-order valence-electron chi connectivity index (χ2n) is 9.95. The van der Waals surface area contributed by atoms with Crippen molar-refractivity contribution in [1.82, 2.24) is 4.98 Å². The van der Waals surface area contributed by atoms with Crippen LogP contribution in [0.5, 0.6) is 0 Å². The van der Waals surface area contributed by atoms with Gasteiger partial charge in [-0.1, -0.05) is 20.8 Å². The van der Waals surface area contributed by atoms with E-state index in [1.54, 1.807) is 6.20 Å². The molecule has 27 heavy (non-hydrogen) atoms. The third kappa shape index (κ3) is 4.99. The molecule has 0 N–H and O–H groups in total. The highest BCUT2D eigenvalue weighted by Gasteiger charge is 2.44. The molecule has 0 amide bonds. The third-order valence-corrected chi connectivity index (χ3v) is 11.6. The van der Waals surface area contributed by atoms with E-state index in [0.717, 1.165) is 49.6 Å². The fourth-order valence-corrected chi connectivity index (χ4v) is 5.13. The van der Waals surface area contributed by atoms with Crippen molar-refractivity contribution in [3.63, 3.8) is 0 Å². The van der Waals surface area contributed by atoms with Crippen LogP contribution in [0, 0.1) is 17.8 Å². The molecule has 1 aromatic rings. The summed E-state index contributed by atoms with van der Waals surface area (Å²) in [7, 11) is -1.59. The van der Waals surface area contributed by atoms with Crippen LogP contribution in [-0.2, 0) is 4.43 Å². The van der Waals surface area contributed by atoms with Gasteiger partial charge in [0, 0.05) is 31.5 Å². The smallest absolute Gasteiger partial charge is 0.191 e. The molecule has 0 bridgehead atoms. The van der Waals surface area contributed by atoms with E-state index < -0.39 is 8.32 Å². The van der Waals surface area contributed by atoms with Gasteiger partial charge < -0.3 is 9.33 Å². The predicted molar refractivity (Wildman–Crippen MR) is 114 cm³/mol. The maximum absolute atomic E-state index is 10.8. The number of piperidine rings is 1. The van der Waals surface area contributed by atoms with Gasteiger partial charge in [-0.2, -0.15) is 0 Å². The second-order valence-corrected chi connectivity index (χ2v) is 14.8. The fraction of sp³-hybridized carbons (Fsp3) is 0.727. The molecule has 2 heterocycles. The van der Waals surface area contributed by atoms with Gasteiger partial charge in [-0.3, -0.25) is 4.79 Å². The Kier molecular flexibility index (Phi) is 6.11. The van der Waals surface area contributed by atoms with Crippen molar-refractivity contribution >= 4 is 20.4 Å². The molecule has 2 atom stereocenters. The van der Waals surface area contributed by atoms with Crippen LogP contribution in [0.4, 0.5) is 5.82 Å². The summed E-state index contributed by atoms with van der Waals surface area (Å²) in [6.07, 6.45) is 7.70. The zero-order valence-electron chi connectivity index (χ0n) is 17.7. The molecular formula is C22H36N2O2Si. The Morgan fingerprint density at radius 2 is 1.96 bits per heavy atom. The number of carbonyl (C=O) groups excluding carboxylic acids is 1. The van der Waals surface area contributed by atoms with E-state index in [4.69, 9.17) is 4.43 Å². The maximum Gasteiger partial charge on any atom is 0.191 e. The first-order valence-electron chi connectivity index (χ1n) is 10.5. The molecule has 0 radical (unpaired) electrons. The Morgan fingerprint density at radius 1 is 1.26 bits per heavy atom. The molecular weight excluding hydrogens is 352 g/mol. The Balaban J connectivity index is 1.39. The Labute approximate surface area is 165 Å². The van der Waals surface area contributed by atoms with Crippen LogP contribution >= 0.6 is 0 Å². The number of aldehydes is 1. The van der Waals surface area contributed by atoms with Crippen LogP contribution in [0.2, 0.25) is 18.1 Å². The standard InChI is InChI=1S/C22H36N2O2Si/c1-22(2,3)27(4,5)26-13-10-19-14-20(19)18-8-11-24(12-9-18)21-7-6-17(16-25)15-23-21/h6-7,15-16,18-20H,8-14H2,1-5H3/t19-,20-/m1/s1. The summed E-state index contributed by atoms with van der Waals surface area (Å²) >= 11 is 0. The minimum absolute atomic E-state index is 0.306. The molecule has 0 unspecified atom stereocenters. The number of pyridine rings is 1. The van der Waals surface area contributed by atoms with Crippen molar-refractivity contribution < 1.29 is 9.22 Å². The van der Waals surface area contributed by atoms with Gasteiger partial charge >= 0.3 is 0 Å². The van der Waals surface area contributed by atoms with Crippen molar-refractivity contribution in [3.8, 4) is 0 Å². The van der Waals surface area contributed by atoms with Gasteiger partial charge in [0.1, 0.15) is 5.82 Å². The van der Waals surface area contributed by atoms with E-state index in [1.807, 2.05) is 12.1 Å². The van der Waals surface area contributed by atoms with E-state index in [2.05, 4.69) is 43.7 Å². The van der Waals surface area contributed by atoms with Crippen molar-refractivity contribution in [2.75, 3.05) is 24.6 Å². The summed E-state index contributed by atoms with van der Waals surface area (Å²) in [4.78, 5) is 17.6. The van der Waals surface area contributed by atoms with Crippen LogP contribution in [0.3, 0.4) is 0 Å². The highest BCUT2D eigenvalue weighted by atomic mass is 28.4. The quantitative estimate of drug-likeness (QED) is 0.478. The summed E-state index contributed by atoms with van der Waals surface area (Å²) in [6, 6.07) is 3.84. The number of hydrogen-bond acceptors (Lipinski definition) is 4. The van der Waals surface area contributed by atoms with E-state index in [0.29, 0.717) is 10.6 Å². The molecule has 1 aromatic heterocycles. The van der Waals surface area contributed by atoms with Crippen LogP contribution in [0.25, 0.3) is 0 Å². The third-order valence-electron chi connectivity index (χ3n) is 7.11. The lowest BCUT2D eigenvalue weighted by atomic mass is 9.90. The summed E-state index contributed by atoms with van der Waals surface area (Å²) in [5, 5.41) is 0.306. The van der Waals surface area contributed by atoms with Crippen molar-refractivity contribution in [2.24, 2.45) is 17.8 Å². The van der Waals surface area contributed by atoms with E-state index in [9.17, 15) is 4.79 Å². The number of anilines is 1. The van der Waals surface area contributed by atoms with Crippen molar-refractivity contribution in [2.45, 2.75) is 64.6 Å². The topological polar surface area (TPSA) is 42.4 Å². The summed E-state index contributed by atoms with van der Waals surface area (Å²) in [5.74, 6) is 3.68. The molecule has 1 saturated heterocycles. The van der Waals surface area contributed by atoms with Gasteiger partial charge in [0.2, 0.25) is 0 Å². The second kappa shape index (κ2) is 8.04. The molecule has 4 nitrogen and oxygen atoms in total. The zero-order valence-corrected chi connectivity index (χ0v) is 18.7. The Bertz CT molecular complexity index is 631. The molecule has 0 aromatic carbocycles. The van der Waals surface area contributed by atoms with Crippen LogP contribution < -0.4 is 4.90 Å². The number of aromatic nitrogens is 1. The molecule has 2 aliphatic rings. The molecule has 3 rings (SSSR count). The molecule has 1 aliphatic carbocycles. The zero-order chi connectivity index (χ0) is 19.7. The van der Waals surface area contributed by atoms with Crippen molar-refractivity contribution in [3.05, 3.63) is 23.9 Å². The molecule has 1 aliphatic heterocycles.